The average Bonchev–Trinajstić information content (AvgIpc) is 2.38. The molecule has 0 aliphatic rings. The van der Waals surface area contributed by atoms with Gasteiger partial charge in [-0.1, -0.05) is 60.8 Å². The maximum atomic E-state index is 3.69. The topological polar surface area (TPSA) is 12.0 Å². The van der Waals surface area contributed by atoms with E-state index >= 15 is 0 Å². The molecule has 0 radical (unpaired) electrons. The Morgan fingerprint density at radius 3 is 2.43 bits per heavy atom. The molecule has 2 unspecified atom stereocenters. The fourth-order valence-electron chi connectivity index (χ4n) is 2.84. The molecule has 0 fully saturated rings. The maximum absolute atomic E-state index is 3.69. The van der Waals surface area contributed by atoms with Crippen LogP contribution in [0.2, 0.25) is 0 Å². The second-order valence-corrected chi connectivity index (χ2v) is 8.28. The van der Waals surface area contributed by atoms with E-state index in [0.29, 0.717) is 5.92 Å². The molecule has 2 atom stereocenters. The second-order valence-electron chi connectivity index (χ2n) is 7.42. The average molecular weight is 354 g/mol. The van der Waals surface area contributed by atoms with Crippen LogP contribution in [0.15, 0.2) is 28.7 Å². The minimum absolute atomic E-state index is 0.195. The van der Waals surface area contributed by atoms with Crippen molar-refractivity contribution in [1.82, 2.24) is 5.32 Å². The van der Waals surface area contributed by atoms with Crippen molar-refractivity contribution in [2.45, 2.75) is 65.8 Å². The molecule has 0 spiro atoms. The summed E-state index contributed by atoms with van der Waals surface area (Å²) in [5, 5.41) is 3.69. The van der Waals surface area contributed by atoms with E-state index in [1.165, 1.54) is 29.3 Å². The van der Waals surface area contributed by atoms with Gasteiger partial charge in [0.1, 0.15) is 0 Å². The van der Waals surface area contributed by atoms with Gasteiger partial charge in [0.15, 0.2) is 0 Å². The zero-order chi connectivity index (χ0) is 15.9. The number of hydrogen-bond acceptors (Lipinski definition) is 1. The molecule has 2 heteroatoms. The van der Waals surface area contributed by atoms with Crippen LogP contribution in [-0.2, 0) is 6.42 Å². The zero-order valence-corrected chi connectivity index (χ0v) is 16.0. The lowest BCUT2D eigenvalue weighted by Crippen LogP contribution is -2.40. The standard InChI is InChI=1S/C19H32BrN/c1-6-9-15(2)12-16(14-21-19(3,4)5)13-17-10-7-8-11-18(17)20/h7-8,10-11,15-16,21H,6,9,12-14H2,1-5H3. The molecule has 0 aliphatic carbocycles. The Morgan fingerprint density at radius 1 is 1.19 bits per heavy atom. The molecule has 0 saturated heterocycles. The van der Waals surface area contributed by atoms with Crippen LogP contribution in [-0.4, -0.2) is 12.1 Å². The van der Waals surface area contributed by atoms with E-state index in [0.717, 1.165) is 18.9 Å². The van der Waals surface area contributed by atoms with E-state index in [9.17, 15) is 0 Å². The molecule has 0 aromatic heterocycles. The zero-order valence-electron chi connectivity index (χ0n) is 14.4. The second kappa shape index (κ2) is 8.95. The Kier molecular flexibility index (Phi) is 7.97. The van der Waals surface area contributed by atoms with Gasteiger partial charge in [0.25, 0.3) is 0 Å². The highest BCUT2D eigenvalue weighted by Gasteiger charge is 2.18. The summed E-state index contributed by atoms with van der Waals surface area (Å²) < 4.78 is 1.24. The van der Waals surface area contributed by atoms with Crippen LogP contribution < -0.4 is 5.32 Å². The van der Waals surface area contributed by atoms with Crippen LogP contribution >= 0.6 is 15.9 Å². The summed E-state index contributed by atoms with van der Waals surface area (Å²) in [6, 6.07) is 8.64. The third kappa shape index (κ3) is 8.01. The Balaban J connectivity index is 2.69. The van der Waals surface area contributed by atoms with Crippen molar-refractivity contribution in [2.24, 2.45) is 11.8 Å². The van der Waals surface area contributed by atoms with Gasteiger partial charge in [0.05, 0.1) is 0 Å². The summed E-state index contributed by atoms with van der Waals surface area (Å²) in [5.74, 6) is 1.51. The molecular formula is C19H32BrN. The minimum Gasteiger partial charge on any atom is -0.312 e. The van der Waals surface area contributed by atoms with E-state index in [4.69, 9.17) is 0 Å². The van der Waals surface area contributed by atoms with Gasteiger partial charge in [0, 0.05) is 10.0 Å². The molecule has 0 amide bonds. The van der Waals surface area contributed by atoms with Gasteiger partial charge in [-0.2, -0.15) is 0 Å². The van der Waals surface area contributed by atoms with Gasteiger partial charge < -0.3 is 5.32 Å². The van der Waals surface area contributed by atoms with Crippen molar-refractivity contribution in [3.63, 3.8) is 0 Å². The first kappa shape index (κ1) is 18.7. The SMILES string of the molecule is CCCC(C)CC(CNC(C)(C)C)Cc1ccccc1Br. The molecule has 0 saturated carbocycles. The maximum Gasteiger partial charge on any atom is 0.0207 e. The molecule has 0 heterocycles. The van der Waals surface area contributed by atoms with Crippen LogP contribution in [0.4, 0.5) is 0 Å². The van der Waals surface area contributed by atoms with Gasteiger partial charge in [0.2, 0.25) is 0 Å². The van der Waals surface area contributed by atoms with Gasteiger partial charge in [-0.3, -0.25) is 0 Å². The molecule has 1 aromatic rings. The van der Waals surface area contributed by atoms with Crippen LogP contribution in [0.5, 0.6) is 0 Å². The van der Waals surface area contributed by atoms with Crippen molar-refractivity contribution in [3.8, 4) is 0 Å². The van der Waals surface area contributed by atoms with Gasteiger partial charge in [-0.05, 0) is 63.6 Å². The summed E-state index contributed by atoms with van der Waals surface area (Å²) in [4.78, 5) is 0. The monoisotopic (exact) mass is 353 g/mol. The Morgan fingerprint density at radius 2 is 1.86 bits per heavy atom. The predicted molar refractivity (Wildman–Crippen MR) is 97.8 cm³/mol. The Bertz CT molecular complexity index is 408. The van der Waals surface area contributed by atoms with Gasteiger partial charge in [-0.15, -0.1) is 0 Å². The lowest BCUT2D eigenvalue weighted by molar-refractivity contribution is 0.315. The highest BCUT2D eigenvalue weighted by atomic mass is 79.9. The van der Waals surface area contributed by atoms with Crippen LogP contribution in [0, 0.1) is 11.8 Å². The summed E-state index contributed by atoms with van der Waals surface area (Å²) >= 11 is 3.69. The first-order valence-corrected chi connectivity index (χ1v) is 9.09. The highest BCUT2D eigenvalue weighted by molar-refractivity contribution is 9.10. The minimum atomic E-state index is 0.195. The Hall–Kier alpha value is -0.340. The van der Waals surface area contributed by atoms with Crippen molar-refractivity contribution >= 4 is 15.9 Å². The molecule has 1 rings (SSSR count). The number of rotatable bonds is 8. The number of hydrogen-bond donors (Lipinski definition) is 1. The molecule has 1 N–H and O–H groups in total. The van der Waals surface area contributed by atoms with Crippen LogP contribution in [0.3, 0.4) is 0 Å². The van der Waals surface area contributed by atoms with Crippen molar-refractivity contribution in [2.75, 3.05) is 6.54 Å². The van der Waals surface area contributed by atoms with E-state index in [2.05, 4.69) is 80.1 Å². The molecular weight excluding hydrogens is 322 g/mol. The van der Waals surface area contributed by atoms with Gasteiger partial charge in [-0.25, -0.2) is 0 Å². The van der Waals surface area contributed by atoms with E-state index in [1.807, 2.05) is 0 Å². The summed E-state index contributed by atoms with van der Waals surface area (Å²) in [6.07, 6.45) is 5.08. The molecule has 1 nitrogen and oxygen atoms in total. The molecule has 1 aromatic carbocycles. The smallest absolute Gasteiger partial charge is 0.0207 e. The molecule has 0 aliphatic heterocycles. The summed E-state index contributed by atoms with van der Waals surface area (Å²) in [7, 11) is 0. The molecule has 0 bridgehead atoms. The fraction of sp³-hybridized carbons (Fsp3) is 0.684. The largest absolute Gasteiger partial charge is 0.312 e. The van der Waals surface area contributed by atoms with Crippen LogP contribution in [0.1, 0.15) is 59.4 Å². The number of nitrogens with one attached hydrogen (secondary N) is 1. The summed E-state index contributed by atoms with van der Waals surface area (Å²) in [5.41, 5.74) is 1.63. The number of benzene rings is 1. The first-order valence-electron chi connectivity index (χ1n) is 8.30. The quantitative estimate of drug-likeness (QED) is 0.620. The highest BCUT2D eigenvalue weighted by Crippen LogP contribution is 2.24. The predicted octanol–water partition coefficient (Wildman–Crippen LogP) is 5.82. The van der Waals surface area contributed by atoms with E-state index < -0.39 is 0 Å². The van der Waals surface area contributed by atoms with Gasteiger partial charge >= 0.3 is 0 Å². The molecule has 21 heavy (non-hydrogen) atoms. The van der Waals surface area contributed by atoms with Crippen molar-refractivity contribution in [3.05, 3.63) is 34.3 Å². The Labute approximate surface area is 140 Å². The lowest BCUT2D eigenvalue weighted by atomic mass is 9.87. The third-order valence-corrected chi connectivity index (χ3v) is 4.68. The lowest BCUT2D eigenvalue weighted by Gasteiger charge is -2.27. The fourth-order valence-corrected chi connectivity index (χ4v) is 3.29. The third-order valence-electron chi connectivity index (χ3n) is 3.90. The molecule has 120 valence electrons. The number of halogens is 1. The van der Waals surface area contributed by atoms with Crippen molar-refractivity contribution in [1.29, 1.82) is 0 Å². The van der Waals surface area contributed by atoms with E-state index in [1.54, 1.807) is 0 Å². The van der Waals surface area contributed by atoms with Crippen molar-refractivity contribution < 1.29 is 0 Å². The normalized spacial score (nSPS) is 15.0. The summed E-state index contributed by atoms with van der Waals surface area (Å²) in [6.45, 7) is 12.5. The first-order chi connectivity index (χ1) is 9.81. The van der Waals surface area contributed by atoms with Crippen LogP contribution in [0.25, 0.3) is 0 Å². The van der Waals surface area contributed by atoms with E-state index in [-0.39, 0.29) is 5.54 Å².